The van der Waals surface area contributed by atoms with Gasteiger partial charge in [0.25, 0.3) is 0 Å². The van der Waals surface area contributed by atoms with Gasteiger partial charge in [-0.2, -0.15) is 5.10 Å². The summed E-state index contributed by atoms with van der Waals surface area (Å²) in [6.45, 7) is 0. The summed E-state index contributed by atoms with van der Waals surface area (Å²) in [6.07, 6.45) is 1.36. The second-order valence-corrected chi connectivity index (χ2v) is 4.82. The quantitative estimate of drug-likeness (QED) is 0.452. The maximum absolute atomic E-state index is 10.5. The number of aromatic nitrogens is 1. The van der Waals surface area contributed by atoms with Crippen molar-refractivity contribution in [2.75, 3.05) is 5.43 Å². The molecule has 8 heteroatoms. The van der Waals surface area contributed by atoms with Gasteiger partial charge < -0.3 is 4.42 Å². The number of fused-ring (bicyclic) bond motifs is 1. The summed E-state index contributed by atoms with van der Waals surface area (Å²) >= 11 is 1.47. The predicted molar refractivity (Wildman–Crippen MR) is 76.2 cm³/mol. The number of nitrogens with zero attached hydrogens (tertiary/aromatic N) is 3. The minimum atomic E-state index is -0.599. The van der Waals surface area contributed by atoms with Gasteiger partial charge in [0.05, 0.1) is 22.5 Å². The van der Waals surface area contributed by atoms with Crippen LogP contribution in [0.5, 0.6) is 0 Å². The molecule has 0 amide bonds. The van der Waals surface area contributed by atoms with E-state index in [1.165, 1.54) is 29.7 Å². The zero-order valence-corrected chi connectivity index (χ0v) is 10.8. The molecular weight excluding hydrogens is 280 g/mol. The molecule has 0 unspecified atom stereocenters. The molecule has 0 saturated carbocycles. The number of para-hydroxylation sites is 1. The maximum Gasteiger partial charge on any atom is 0.433 e. The molecule has 0 bridgehead atoms. The summed E-state index contributed by atoms with van der Waals surface area (Å²) in [5.74, 6) is -0.0169. The van der Waals surface area contributed by atoms with Crippen molar-refractivity contribution in [2.24, 2.45) is 5.10 Å². The van der Waals surface area contributed by atoms with Crippen molar-refractivity contribution in [1.82, 2.24) is 4.98 Å². The number of furan rings is 1. The van der Waals surface area contributed by atoms with Gasteiger partial charge in [0.15, 0.2) is 5.76 Å². The maximum atomic E-state index is 10.5. The van der Waals surface area contributed by atoms with Gasteiger partial charge in [-0.25, -0.2) is 4.98 Å². The Labute approximate surface area is 116 Å². The van der Waals surface area contributed by atoms with E-state index < -0.39 is 4.92 Å². The number of hydrogen-bond donors (Lipinski definition) is 1. The molecule has 0 spiro atoms. The van der Waals surface area contributed by atoms with E-state index in [1.807, 2.05) is 24.3 Å². The molecule has 0 atom stereocenters. The fraction of sp³-hybridized carbons (Fsp3) is 0. The minimum Gasteiger partial charge on any atom is -0.400 e. The van der Waals surface area contributed by atoms with E-state index in [9.17, 15) is 10.1 Å². The van der Waals surface area contributed by atoms with Crippen molar-refractivity contribution in [3.05, 3.63) is 52.3 Å². The Bertz CT molecular complexity index is 760. The molecule has 2 aromatic heterocycles. The predicted octanol–water partition coefficient (Wildman–Crippen LogP) is 3.24. The average Bonchev–Trinajstić information content (AvgIpc) is 3.04. The first kappa shape index (κ1) is 12.3. The minimum absolute atomic E-state index is 0.297. The Morgan fingerprint density at radius 1 is 1.35 bits per heavy atom. The Morgan fingerprint density at radius 2 is 2.20 bits per heavy atom. The van der Waals surface area contributed by atoms with E-state index in [-0.39, 0.29) is 5.88 Å². The number of rotatable bonds is 4. The topological polar surface area (TPSA) is 93.6 Å². The monoisotopic (exact) mass is 288 g/mol. The normalized spacial score (nSPS) is 11.2. The molecule has 3 aromatic rings. The first-order chi connectivity index (χ1) is 9.72. The van der Waals surface area contributed by atoms with Crippen LogP contribution in [0.1, 0.15) is 5.76 Å². The Kier molecular flexibility index (Phi) is 3.13. The molecule has 0 fully saturated rings. The number of thiazole rings is 1. The third-order valence-electron chi connectivity index (χ3n) is 2.44. The summed E-state index contributed by atoms with van der Waals surface area (Å²) in [5, 5.41) is 15.0. The molecule has 100 valence electrons. The van der Waals surface area contributed by atoms with E-state index >= 15 is 0 Å². The molecule has 2 heterocycles. The lowest BCUT2D eigenvalue weighted by Gasteiger charge is -1.90. The Hall–Kier alpha value is -2.74. The highest BCUT2D eigenvalue weighted by Gasteiger charge is 2.10. The van der Waals surface area contributed by atoms with Crippen LogP contribution < -0.4 is 5.43 Å². The lowest BCUT2D eigenvalue weighted by atomic mass is 10.3. The highest BCUT2D eigenvalue weighted by atomic mass is 32.1. The van der Waals surface area contributed by atoms with Crippen LogP contribution in [-0.4, -0.2) is 16.1 Å². The summed E-state index contributed by atoms with van der Waals surface area (Å²) in [6, 6.07) is 10.5. The number of benzene rings is 1. The zero-order chi connectivity index (χ0) is 13.9. The Morgan fingerprint density at radius 3 is 2.95 bits per heavy atom. The highest BCUT2D eigenvalue weighted by Crippen LogP contribution is 2.25. The van der Waals surface area contributed by atoms with Crippen LogP contribution in [0.4, 0.5) is 11.0 Å². The molecule has 0 radical (unpaired) electrons. The second-order valence-electron chi connectivity index (χ2n) is 3.79. The zero-order valence-electron chi connectivity index (χ0n) is 10.0. The number of hydrogen-bond acceptors (Lipinski definition) is 7. The van der Waals surface area contributed by atoms with Gasteiger partial charge in [0, 0.05) is 0 Å². The molecule has 0 saturated heterocycles. The summed E-state index contributed by atoms with van der Waals surface area (Å²) < 4.78 is 5.99. The van der Waals surface area contributed by atoms with Crippen molar-refractivity contribution < 1.29 is 9.34 Å². The van der Waals surface area contributed by atoms with E-state index in [4.69, 9.17) is 4.42 Å². The van der Waals surface area contributed by atoms with Crippen LogP contribution in [0, 0.1) is 10.1 Å². The SMILES string of the molecule is O=[N+]([O-])c1ccc(C=NNc2nc3ccccc3s2)o1. The van der Waals surface area contributed by atoms with Crippen LogP contribution in [0.2, 0.25) is 0 Å². The van der Waals surface area contributed by atoms with Gasteiger partial charge in [0.2, 0.25) is 5.13 Å². The van der Waals surface area contributed by atoms with Gasteiger partial charge >= 0.3 is 5.88 Å². The summed E-state index contributed by atoms with van der Waals surface area (Å²) in [7, 11) is 0. The molecule has 1 N–H and O–H groups in total. The van der Waals surface area contributed by atoms with Gasteiger partial charge in [-0.1, -0.05) is 23.5 Å². The van der Waals surface area contributed by atoms with Gasteiger partial charge in [-0.05, 0) is 18.2 Å². The van der Waals surface area contributed by atoms with Gasteiger partial charge in [-0.3, -0.25) is 15.5 Å². The average molecular weight is 288 g/mol. The number of hydrazone groups is 1. The molecule has 1 aromatic carbocycles. The summed E-state index contributed by atoms with van der Waals surface area (Å²) in [5.41, 5.74) is 3.66. The van der Waals surface area contributed by atoms with Crippen LogP contribution in [0.15, 0.2) is 45.9 Å². The van der Waals surface area contributed by atoms with Gasteiger partial charge in [0.1, 0.15) is 4.92 Å². The van der Waals surface area contributed by atoms with Crippen molar-refractivity contribution in [3.63, 3.8) is 0 Å². The Balaban J connectivity index is 1.71. The van der Waals surface area contributed by atoms with Crippen LogP contribution in [-0.2, 0) is 0 Å². The third-order valence-corrected chi connectivity index (χ3v) is 3.38. The van der Waals surface area contributed by atoms with Crippen molar-refractivity contribution in [1.29, 1.82) is 0 Å². The standard InChI is InChI=1S/C12H8N4O3S/c17-16(18)11-6-5-8(19-11)7-13-15-12-14-9-3-1-2-4-10(9)20-12/h1-7H,(H,14,15). The van der Waals surface area contributed by atoms with Crippen LogP contribution in [0.25, 0.3) is 10.2 Å². The molecule has 20 heavy (non-hydrogen) atoms. The van der Waals surface area contributed by atoms with E-state index in [2.05, 4.69) is 15.5 Å². The number of nitro groups is 1. The number of nitrogens with one attached hydrogen (secondary N) is 1. The first-order valence-corrected chi connectivity index (χ1v) is 6.43. The van der Waals surface area contributed by atoms with Crippen molar-refractivity contribution in [3.8, 4) is 0 Å². The van der Waals surface area contributed by atoms with E-state index in [1.54, 1.807) is 0 Å². The van der Waals surface area contributed by atoms with E-state index in [0.29, 0.717) is 10.9 Å². The highest BCUT2D eigenvalue weighted by molar-refractivity contribution is 7.22. The lowest BCUT2D eigenvalue weighted by molar-refractivity contribution is -0.402. The molecular formula is C12H8N4O3S. The molecule has 7 nitrogen and oxygen atoms in total. The summed E-state index contributed by atoms with van der Waals surface area (Å²) in [4.78, 5) is 14.2. The van der Waals surface area contributed by atoms with Crippen LogP contribution in [0.3, 0.4) is 0 Å². The first-order valence-electron chi connectivity index (χ1n) is 5.61. The second kappa shape index (κ2) is 5.10. The van der Waals surface area contributed by atoms with Gasteiger partial charge in [-0.15, -0.1) is 0 Å². The van der Waals surface area contributed by atoms with Crippen molar-refractivity contribution >= 4 is 38.8 Å². The fourth-order valence-electron chi connectivity index (χ4n) is 1.58. The molecule has 0 aliphatic rings. The fourth-order valence-corrected chi connectivity index (χ4v) is 2.40. The molecule has 0 aliphatic heterocycles. The van der Waals surface area contributed by atoms with Crippen LogP contribution >= 0.6 is 11.3 Å². The third kappa shape index (κ3) is 2.50. The smallest absolute Gasteiger partial charge is 0.400 e. The van der Waals surface area contributed by atoms with E-state index in [0.717, 1.165) is 10.2 Å². The molecule has 0 aliphatic carbocycles. The molecule has 3 rings (SSSR count). The van der Waals surface area contributed by atoms with Crippen molar-refractivity contribution in [2.45, 2.75) is 0 Å². The number of anilines is 1. The lowest BCUT2D eigenvalue weighted by Crippen LogP contribution is -1.88. The largest absolute Gasteiger partial charge is 0.433 e.